The second-order valence-corrected chi connectivity index (χ2v) is 7.02. The molecule has 144 valence electrons. The van der Waals surface area contributed by atoms with Crippen LogP contribution in [0, 0.1) is 25.6 Å². The van der Waals surface area contributed by atoms with Gasteiger partial charge in [-0.15, -0.1) is 0 Å². The highest BCUT2D eigenvalue weighted by Crippen LogP contribution is 2.20. The second-order valence-electron chi connectivity index (χ2n) is 7.02. The Hall–Kier alpha value is -2.70. The molecule has 6 nitrogen and oxygen atoms in total. The summed E-state index contributed by atoms with van der Waals surface area (Å²) < 4.78 is 20.3. The number of halogens is 1. The Morgan fingerprint density at radius 1 is 1.33 bits per heavy atom. The van der Waals surface area contributed by atoms with Crippen molar-refractivity contribution >= 4 is 5.91 Å². The first-order valence-electron chi connectivity index (χ1n) is 9.13. The fourth-order valence-electron chi connectivity index (χ4n) is 3.40. The largest absolute Gasteiger partial charge is 0.493 e. The Morgan fingerprint density at radius 2 is 2.15 bits per heavy atom. The van der Waals surface area contributed by atoms with Crippen LogP contribution in [0.1, 0.15) is 24.2 Å². The van der Waals surface area contributed by atoms with Crippen LogP contribution in [-0.4, -0.2) is 40.1 Å². The highest BCUT2D eigenvalue weighted by molar-refractivity contribution is 5.76. The van der Waals surface area contributed by atoms with Gasteiger partial charge in [0, 0.05) is 36.5 Å². The first-order valence-corrected chi connectivity index (χ1v) is 9.13. The summed E-state index contributed by atoms with van der Waals surface area (Å²) in [5.41, 5.74) is 0.974. The molecule has 0 N–H and O–H groups in total. The van der Waals surface area contributed by atoms with Crippen LogP contribution < -0.4 is 10.4 Å². The maximum Gasteiger partial charge on any atom is 0.348 e. The van der Waals surface area contributed by atoms with E-state index in [-0.39, 0.29) is 24.2 Å². The summed E-state index contributed by atoms with van der Waals surface area (Å²) in [6, 6.07) is 7.84. The van der Waals surface area contributed by atoms with Crippen LogP contribution >= 0.6 is 0 Å². The lowest BCUT2D eigenvalue weighted by molar-refractivity contribution is -0.134. The van der Waals surface area contributed by atoms with Crippen molar-refractivity contribution in [3.8, 4) is 5.75 Å². The molecule has 7 heteroatoms. The van der Waals surface area contributed by atoms with Crippen LogP contribution in [0.15, 0.2) is 35.1 Å². The van der Waals surface area contributed by atoms with E-state index >= 15 is 0 Å². The molecule has 1 aromatic heterocycles. The number of hydrogen-bond donors (Lipinski definition) is 0. The highest BCUT2D eigenvalue weighted by atomic mass is 19.1. The molecule has 1 fully saturated rings. The predicted molar refractivity (Wildman–Crippen MR) is 99.2 cm³/mol. The molecule has 27 heavy (non-hydrogen) atoms. The molecule has 1 aliphatic heterocycles. The number of likely N-dealkylation sites (tertiary alicyclic amines) is 1. The maximum atomic E-state index is 13.2. The number of carbonyl (C=O) groups is 1. The molecule has 0 aliphatic carbocycles. The van der Waals surface area contributed by atoms with Crippen LogP contribution in [0.4, 0.5) is 4.39 Å². The summed E-state index contributed by atoms with van der Waals surface area (Å²) in [6.07, 6.45) is 1.83. The van der Waals surface area contributed by atoms with Crippen LogP contribution in [0.2, 0.25) is 0 Å². The van der Waals surface area contributed by atoms with E-state index in [0.29, 0.717) is 31.1 Å². The zero-order chi connectivity index (χ0) is 19.4. The van der Waals surface area contributed by atoms with Crippen molar-refractivity contribution in [3.05, 3.63) is 58.0 Å². The van der Waals surface area contributed by atoms with Gasteiger partial charge >= 0.3 is 5.69 Å². The Bertz CT molecular complexity index is 881. The number of benzene rings is 1. The molecule has 1 aliphatic rings. The molecule has 1 amide bonds. The van der Waals surface area contributed by atoms with Crippen molar-refractivity contribution in [1.82, 2.24) is 14.5 Å². The molecule has 0 spiro atoms. The molecule has 1 aromatic carbocycles. The van der Waals surface area contributed by atoms with Crippen molar-refractivity contribution < 1.29 is 13.9 Å². The SMILES string of the molecule is Cc1cc(C)n(CC(=O)N2CCCC(COc3cccc(F)c3)C2)c(=O)n1. The molecular formula is C20H24FN3O3. The van der Waals surface area contributed by atoms with Gasteiger partial charge in [-0.3, -0.25) is 9.36 Å². The fourth-order valence-corrected chi connectivity index (χ4v) is 3.40. The molecule has 3 rings (SSSR count). The van der Waals surface area contributed by atoms with Gasteiger partial charge in [-0.2, -0.15) is 4.98 Å². The van der Waals surface area contributed by atoms with Gasteiger partial charge in [-0.05, 0) is 44.9 Å². The standard InChI is InChI=1S/C20H24FN3O3/c1-14-9-15(2)24(20(26)22-14)12-19(25)23-8-4-5-16(11-23)13-27-18-7-3-6-17(21)10-18/h3,6-7,9-10,16H,4-5,8,11-13H2,1-2H3. The topological polar surface area (TPSA) is 64.4 Å². The summed E-state index contributed by atoms with van der Waals surface area (Å²) in [4.78, 5) is 30.4. The Labute approximate surface area is 157 Å². The molecule has 2 heterocycles. The van der Waals surface area contributed by atoms with E-state index in [9.17, 15) is 14.0 Å². The fraction of sp³-hybridized carbons (Fsp3) is 0.450. The van der Waals surface area contributed by atoms with Gasteiger partial charge in [-0.1, -0.05) is 6.07 Å². The van der Waals surface area contributed by atoms with Crippen molar-refractivity contribution in [1.29, 1.82) is 0 Å². The van der Waals surface area contributed by atoms with E-state index in [2.05, 4.69) is 4.98 Å². The van der Waals surface area contributed by atoms with Gasteiger partial charge in [0.15, 0.2) is 0 Å². The monoisotopic (exact) mass is 373 g/mol. The van der Waals surface area contributed by atoms with E-state index in [1.54, 1.807) is 36.9 Å². The summed E-state index contributed by atoms with van der Waals surface area (Å²) in [6.45, 7) is 5.22. The van der Waals surface area contributed by atoms with Crippen LogP contribution in [0.25, 0.3) is 0 Å². The summed E-state index contributed by atoms with van der Waals surface area (Å²) in [5.74, 6) is 0.244. The normalized spacial score (nSPS) is 17.0. The van der Waals surface area contributed by atoms with E-state index < -0.39 is 5.69 Å². The predicted octanol–water partition coefficient (Wildman–Crippen LogP) is 2.32. The third kappa shape index (κ3) is 4.93. The van der Waals surface area contributed by atoms with E-state index in [1.165, 1.54) is 16.7 Å². The van der Waals surface area contributed by atoms with E-state index in [0.717, 1.165) is 18.5 Å². The molecule has 1 atom stereocenters. The van der Waals surface area contributed by atoms with E-state index in [1.807, 2.05) is 0 Å². The zero-order valence-electron chi connectivity index (χ0n) is 15.7. The minimum absolute atomic E-state index is 0.00454. The van der Waals surface area contributed by atoms with E-state index in [4.69, 9.17) is 4.74 Å². The first kappa shape index (κ1) is 19.1. The minimum Gasteiger partial charge on any atom is -0.493 e. The summed E-state index contributed by atoms with van der Waals surface area (Å²) in [5, 5.41) is 0. The van der Waals surface area contributed by atoms with Gasteiger partial charge in [0.05, 0.1) is 6.61 Å². The number of ether oxygens (including phenoxy) is 1. The molecule has 1 saturated heterocycles. The smallest absolute Gasteiger partial charge is 0.348 e. The van der Waals surface area contributed by atoms with Gasteiger partial charge in [0.2, 0.25) is 5.91 Å². The third-order valence-corrected chi connectivity index (χ3v) is 4.79. The second kappa shape index (κ2) is 8.33. The minimum atomic E-state index is -0.399. The average molecular weight is 373 g/mol. The number of rotatable bonds is 5. The highest BCUT2D eigenvalue weighted by Gasteiger charge is 2.25. The number of aryl methyl sites for hydroxylation is 2. The summed E-state index contributed by atoms with van der Waals surface area (Å²) in [7, 11) is 0. The molecule has 2 aromatic rings. The first-order chi connectivity index (χ1) is 12.9. The molecule has 1 unspecified atom stereocenters. The van der Waals surface area contributed by atoms with Crippen molar-refractivity contribution in [2.24, 2.45) is 5.92 Å². The number of nitrogens with zero attached hydrogens (tertiary/aromatic N) is 3. The molecule has 0 radical (unpaired) electrons. The number of aromatic nitrogens is 2. The number of carbonyl (C=O) groups excluding carboxylic acids is 1. The quantitative estimate of drug-likeness (QED) is 0.807. The lowest BCUT2D eigenvalue weighted by Gasteiger charge is -2.33. The Morgan fingerprint density at radius 3 is 2.89 bits per heavy atom. The van der Waals surface area contributed by atoms with Crippen LogP contribution in [-0.2, 0) is 11.3 Å². The van der Waals surface area contributed by atoms with Gasteiger partial charge < -0.3 is 9.64 Å². The van der Waals surface area contributed by atoms with Gasteiger partial charge in [0.25, 0.3) is 0 Å². The van der Waals surface area contributed by atoms with Crippen molar-refractivity contribution in [2.45, 2.75) is 33.2 Å². The van der Waals surface area contributed by atoms with Crippen molar-refractivity contribution in [2.75, 3.05) is 19.7 Å². The average Bonchev–Trinajstić information content (AvgIpc) is 2.63. The zero-order valence-corrected chi connectivity index (χ0v) is 15.7. The molecule has 0 bridgehead atoms. The van der Waals surface area contributed by atoms with Gasteiger partial charge in [-0.25, -0.2) is 9.18 Å². The molecular weight excluding hydrogens is 349 g/mol. The number of hydrogen-bond acceptors (Lipinski definition) is 4. The van der Waals surface area contributed by atoms with Crippen molar-refractivity contribution in [3.63, 3.8) is 0 Å². The Balaban J connectivity index is 1.59. The third-order valence-electron chi connectivity index (χ3n) is 4.79. The van der Waals surface area contributed by atoms with Crippen LogP contribution in [0.3, 0.4) is 0 Å². The molecule has 0 saturated carbocycles. The summed E-state index contributed by atoms with van der Waals surface area (Å²) >= 11 is 0. The Kier molecular flexibility index (Phi) is 5.88. The van der Waals surface area contributed by atoms with Crippen LogP contribution in [0.5, 0.6) is 5.75 Å². The number of amides is 1. The number of piperidine rings is 1. The lowest BCUT2D eigenvalue weighted by Crippen LogP contribution is -2.44. The maximum absolute atomic E-state index is 13.2. The van der Waals surface area contributed by atoms with Gasteiger partial charge in [0.1, 0.15) is 18.1 Å². The lowest BCUT2D eigenvalue weighted by atomic mass is 9.99.